The third-order valence-corrected chi connectivity index (χ3v) is 6.52. The summed E-state index contributed by atoms with van der Waals surface area (Å²) in [5, 5.41) is 11.1. The summed E-state index contributed by atoms with van der Waals surface area (Å²) in [4.78, 5) is 15.4. The molecule has 0 radical (unpaired) electrons. The third-order valence-electron chi connectivity index (χ3n) is 6.52. The average molecular weight is 399 g/mol. The lowest BCUT2D eigenvalue weighted by atomic mass is 9.80. The first kappa shape index (κ1) is 23.0. The van der Waals surface area contributed by atoms with Crippen LogP contribution in [-0.4, -0.2) is 35.8 Å². The number of aryl methyl sites for hydroxylation is 1. The van der Waals surface area contributed by atoms with E-state index in [1.165, 1.54) is 6.42 Å². The number of piperidine rings is 1. The molecule has 1 aromatic rings. The van der Waals surface area contributed by atoms with Crippen LogP contribution in [0.2, 0.25) is 0 Å². The van der Waals surface area contributed by atoms with E-state index in [1.54, 1.807) is 0 Å². The zero-order valence-electron chi connectivity index (χ0n) is 18.8. The number of amidine groups is 1. The van der Waals surface area contributed by atoms with E-state index in [1.807, 2.05) is 43.9 Å². The lowest BCUT2D eigenvalue weighted by Gasteiger charge is -2.41. The summed E-state index contributed by atoms with van der Waals surface area (Å²) < 4.78 is 0. The van der Waals surface area contributed by atoms with Crippen molar-refractivity contribution in [3.05, 3.63) is 41.5 Å². The molecule has 1 amide bonds. The third kappa shape index (κ3) is 5.20. The normalized spacial score (nSPS) is 16.4. The second-order valence-electron chi connectivity index (χ2n) is 8.89. The Kier molecular flexibility index (Phi) is 7.50. The first-order valence-corrected chi connectivity index (χ1v) is 10.8. The number of nitrogen functional groups attached to an aromatic ring is 1. The van der Waals surface area contributed by atoms with E-state index in [0.29, 0.717) is 5.56 Å². The van der Waals surface area contributed by atoms with Crippen LogP contribution in [0.5, 0.6) is 0 Å². The number of benzene rings is 1. The van der Waals surface area contributed by atoms with Crippen LogP contribution in [-0.2, 0) is 4.79 Å². The molecule has 4 N–H and O–H groups in total. The highest BCUT2D eigenvalue weighted by Gasteiger charge is 2.39. The van der Waals surface area contributed by atoms with Gasteiger partial charge in [0, 0.05) is 30.4 Å². The first-order valence-electron chi connectivity index (χ1n) is 10.8. The van der Waals surface area contributed by atoms with E-state index >= 15 is 0 Å². The number of nitrogens with zero attached hydrogens (tertiary/aromatic N) is 1. The highest BCUT2D eigenvalue weighted by Crippen LogP contribution is 2.31. The Morgan fingerprint density at radius 2 is 1.97 bits per heavy atom. The van der Waals surface area contributed by atoms with Crippen LogP contribution in [0.4, 0.5) is 0 Å². The predicted octanol–water partition coefficient (Wildman–Crippen LogP) is 4.29. The van der Waals surface area contributed by atoms with Crippen molar-refractivity contribution in [2.45, 2.75) is 66.3 Å². The van der Waals surface area contributed by atoms with Crippen molar-refractivity contribution in [2.24, 2.45) is 17.1 Å². The van der Waals surface area contributed by atoms with Crippen LogP contribution >= 0.6 is 0 Å². The average Bonchev–Trinajstić information content (AvgIpc) is 2.70. The second kappa shape index (κ2) is 9.47. The fourth-order valence-electron chi connectivity index (χ4n) is 4.35. The van der Waals surface area contributed by atoms with E-state index in [4.69, 9.17) is 11.1 Å². The molecule has 1 aliphatic rings. The van der Waals surface area contributed by atoms with E-state index in [2.05, 4.69) is 25.7 Å². The maximum Gasteiger partial charge on any atom is 0.230 e. The van der Waals surface area contributed by atoms with Gasteiger partial charge in [-0.3, -0.25) is 10.2 Å². The number of nitrogens with one attached hydrogen (secondary N) is 2. The number of nitrogens with two attached hydrogens (primary N) is 1. The van der Waals surface area contributed by atoms with Gasteiger partial charge in [0.05, 0.1) is 5.41 Å². The van der Waals surface area contributed by atoms with E-state index < -0.39 is 5.41 Å². The van der Waals surface area contributed by atoms with Crippen LogP contribution in [0.25, 0.3) is 5.70 Å². The lowest BCUT2D eigenvalue weighted by Crippen LogP contribution is -2.53. The molecule has 1 atom stereocenters. The number of carbonyl (C=O) groups excluding carboxylic acids is 1. The molecule has 1 unspecified atom stereocenters. The fraction of sp³-hybridized carbons (Fsp3) is 0.583. The number of amides is 1. The number of rotatable bonds is 8. The molecule has 160 valence electrons. The number of likely N-dealkylation sites (tertiary alicyclic amines) is 1. The van der Waals surface area contributed by atoms with Crippen molar-refractivity contribution in [3.8, 4) is 0 Å². The van der Waals surface area contributed by atoms with Crippen molar-refractivity contribution < 1.29 is 4.79 Å². The Hall–Kier alpha value is -2.30. The summed E-state index contributed by atoms with van der Waals surface area (Å²) in [6.45, 7) is 16.4. The van der Waals surface area contributed by atoms with Crippen LogP contribution in [0.3, 0.4) is 0 Å². The zero-order valence-corrected chi connectivity index (χ0v) is 18.8. The van der Waals surface area contributed by atoms with Crippen LogP contribution < -0.4 is 11.1 Å². The predicted molar refractivity (Wildman–Crippen MR) is 122 cm³/mol. The zero-order chi connectivity index (χ0) is 21.8. The minimum atomic E-state index is -0.524. The monoisotopic (exact) mass is 398 g/mol. The largest absolute Gasteiger partial charge is 0.384 e. The van der Waals surface area contributed by atoms with Crippen molar-refractivity contribution in [1.82, 2.24) is 10.2 Å². The van der Waals surface area contributed by atoms with Gasteiger partial charge in [0.2, 0.25) is 5.91 Å². The molecule has 1 aliphatic heterocycles. The van der Waals surface area contributed by atoms with Crippen molar-refractivity contribution >= 4 is 17.4 Å². The van der Waals surface area contributed by atoms with Crippen molar-refractivity contribution in [2.75, 3.05) is 13.1 Å². The molecule has 0 spiro atoms. The Morgan fingerprint density at radius 1 is 1.34 bits per heavy atom. The topological polar surface area (TPSA) is 82.2 Å². The number of hydrogen-bond acceptors (Lipinski definition) is 3. The SMILES string of the molecule is C=C(NC(CC)C(C)(C)C(=O)N1CCC(CC)CC1)c1ccc(C(=N)N)cc1C. The van der Waals surface area contributed by atoms with Gasteiger partial charge >= 0.3 is 0 Å². The lowest BCUT2D eigenvalue weighted by molar-refractivity contribution is -0.143. The van der Waals surface area contributed by atoms with Gasteiger partial charge in [0.25, 0.3) is 0 Å². The van der Waals surface area contributed by atoms with Gasteiger partial charge in [-0.25, -0.2) is 0 Å². The van der Waals surface area contributed by atoms with Crippen LogP contribution in [0.15, 0.2) is 24.8 Å². The number of hydrogen-bond donors (Lipinski definition) is 3. The molecule has 0 aromatic heterocycles. The standard InChI is InChI=1S/C24H38N4O/c1-7-18-11-13-28(14-12-18)23(29)24(5,6)21(8-2)27-17(4)20-10-9-19(22(25)26)15-16(20)3/h9-10,15,18,21,27H,4,7-8,11-14H2,1-3,5-6H3,(H3,25,26). The summed E-state index contributed by atoms with van der Waals surface area (Å²) in [6, 6.07) is 5.67. The quantitative estimate of drug-likeness (QED) is 0.451. The summed E-state index contributed by atoms with van der Waals surface area (Å²) in [6.07, 6.45) is 4.24. The van der Waals surface area contributed by atoms with E-state index in [-0.39, 0.29) is 17.8 Å². The first-order chi connectivity index (χ1) is 13.6. The highest BCUT2D eigenvalue weighted by molar-refractivity contribution is 5.95. The van der Waals surface area contributed by atoms with Crippen molar-refractivity contribution in [3.63, 3.8) is 0 Å². The summed E-state index contributed by atoms with van der Waals surface area (Å²) in [7, 11) is 0. The maximum absolute atomic E-state index is 13.3. The Balaban J connectivity index is 2.12. The van der Waals surface area contributed by atoms with Gasteiger partial charge in [0.1, 0.15) is 5.84 Å². The molecule has 1 aromatic carbocycles. The Bertz CT molecular complexity index is 760. The van der Waals surface area contributed by atoms with Gasteiger partial charge < -0.3 is 16.0 Å². The molecule has 5 nitrogen and oxygen atoms in total. The van der Waals surface area contributed by atoms with Gasteiger partial charge in [-0.1, -0.05) is 39.0 Å². The van der Waals surface area contributed by atoms with Gasteiger partial charge in [0.15, 0.2) is 0 Å². The van der Waals surface area contributed by atoms with Gasteiger partial charge in [-0.05, 0) is 63.1 Å². The van der Waals surface area contributed by atoms with E-state index in [0.717, 1.165) is 55.1 Å². The fourth-order valence-corrected chi connectivity index (χ4v) is 4.35. The number of carbonyl (C=O) groups is 1. The molecule has 29 heavy (non-hydrogen) atoms. The van der Waals surface area contributed by atoms with Crippen LogP contribution in [0.1, 0.15) is 70.1 Å². The maximum atomic E-state index is 13.3. The molecule has 1 saturated heterocycles. The van der Waals surface area contributed by atoms with Crippen molar-refractivity contribution in [1.29, 1.82) is 5.41 Å². The summed E-state index contributed by atoms with van der Waals surface area (Å²) in [5.74, 6) is 1.04. The smallest absolute Gasteiger partial charge is 0.230 e. The van der Waals surface area contributed by atoms with Crippen LogP contribution in [0, 0.1) is 23.7 Å². The summed E-state index contributed by atoms with van der Waals surface area (Å²) in [5.41, 5.74) is 8.57. The van der Waals surface area contributed by atoms with Gasteiger partial charge in [-0.2, -0.15) is 0 Å². The minimum Gasteiger partial charge on any atom is -0.384 e. The molecule has 0 bridgehead atoms. The molecule has 0 saturated carbocycles. The molecular formula is C24H38N4O. The Labute approximate surface area is 176 Å². The molecule has 2 rings (SSSR count). The molecule has 1 fully saturated rings. The van der Waals surface area contributed by atoms with E-state index in [9.17, 15) is 4.79 Å². The highest BCUT2D eigenvalue weighted by atomic mass is 16.2. The summed E-state index contributed by atoms with van der Waals surface area (Å²) >= 11 is 0. The molecule has 0 aliphatic carbocycles. The minimum absolute atomic E-state index is 0.0155. The second-order valence-corrected chi connectivity index (χ2v) is 8.89. The molecule has 5 heteroatoms. The molecular weight excluding hydrogens is 360 g/mol. The molecule has 1 heterocycles. The van der Waals surface area contributed by atoms with Gasteiger partial charge in [-0.15, -0.1) is 0 Å². The Morgan fingerprint density at radius 3 is 2.45 bits per heavy atom.